The highest BCUT2D eigenvalue weighted by Gasteiger charge is 2.33. The first-order chi connectivity index (χ1) is 13.1. The molecule has 29 heavy (non-hydrogen) atoms. The normalized spacial score (nSPS) is 19.3. The molecule has 4 rings (SSSR count). The number of likely N-dealkylation sites (tertiary alicyclic amines) is 1. The van der Waals surface area contributed by atoms with Crippen LogP contribution in [-0.2, 0) is 4.79 Å². The molecule has 2 fully saturated rings. The van der Waals surface area contributed by atoms with Crippen LogP contribution < -0.4 is 5.32 Å². The second-order valence-electron chi connectivity index (χ2n) is 7.21. The summed E-state index contributed by atoms with van der Waals surface area (Å²) in [6.45, 7) is 5.12. The highest BCUT2D eigenvalue weighted by Crippen LogP contribution is 2.26. The molecule has 0 spiro atoms. The lowest BCUT2D eigenvalue weighted by molar-refractivity contribution is -0.135. The summed E-state index contributed by atoms with van der Waals surface area (Å²) < 4.78 is 5.53. The number of oxazole rings is 1. The zero-order valence-electron chi connectivity index (χ0n) is 16.3. The molecule has 1 unspecified atom stereocenters. The lowest BCUT2D eigenvalue weighted by Crippen LogP contribution is -2.57. The fourth-order valence-corrected chi connectivity index (χ4v) is 3.86. The average Bonchev–Trinajstić information content (AvgIpc) is 3.18. The van der Waals surface area contributed by atoms with Crippen molar-refractivity contribution in [3.63, 3.8) is 0 Å². The van der Waals surface area contributed by atoms with Gasteiger partial charge in [-0.1, -0.05) is 29.8 Å². The molecule has 1 aromatic heterocycles. The van der Waals surface area contributed by atoms with Crippen LogP contribution in [0.5, 0.6) is 0 Å². The quantitative estimate of drug-likeness (QED) is 0.792. The largest absolute Gasteiger partial charge is 0.443 e. The smallest absolute Gasteiger partial charge is 0.276 e. The minimum Gasteiger partial charge on any atom is -0.443 e. The minimum atomic E-state index is -0.133. The molecule has 0 aliphatic carbocycles. The molecule has 2 saturated heterocycles. The van der Waals surface area contributed by atoms with Gasteiger partial charge < -0.3 is 19.5 Å². The van der Waals surface area contributed by atoms with Crippen molar-refractivity contribution in [2.75, 3.05) is 32.7 Å². The van der Waals surface area contributed by atoms with E-state index in [1.807, 2.05) is 36.1 Å². The van der Waals surface area contributed by atoms with Gasteiger partial charge in [-0.3, -0.25) is 9.59 Å². The van der Waals surface area contributed by atoms with Crippen LogP contribution in [0, 0.1) is 6.92 Å². The number of rotatable bonds is 3. The molecule has 1 aromatic carbocycles. The number of hydrogen-bond donors (Lipinski definition) is 1. The maximum Gasteiger partial charge on any atom is 0.276 e. The first-order valence-electron chi connectivity index (χ1n) is 9.43. The van der Waals surface area contributed by atoms with E-state index in [1.165, 1.54) is 6.39 Å². The van der Waals surface area contributed by atoms with E-state index < -0.39 is 0 Å². The number of benzene rings is 1. The number of halogens is 2. The van der Waals surface area contributed by atoms with Crippen molar-refractivity contribution < 1.29 is 14.0 Å². The van der Waals surface area contributed by atoms with E-state index in [0.29, 0.717) is 37.6 Å². The monoisotopic (exact) mass is 440 g/mol. The lowest BCUT2D eigenvalue weighted by atomic mass is 10.0. The summed E-state index contributed by atoms with van der Waals surface area (Å²) >= 11 is 0. The predicted octanol–water partition coefficient (Wildman–Crippen LogP) is 2.53. The number of amides is 2. The number of hydrogen-bond acceptors (Lipinski definition) is 5. The summed E-state index contributed by atoms with van der Waals surface area (Å²) in [5.41, 5.74) is 2.32. The van der Waals surface area contributed by atoms with E-state index in [1.54, 1.807) is 4.90 Å². The molecule has 9 heteroatoms. The highest BCUT2D eigenvalue weighted by molar-refractivity contribution is 5.97. The number of piperazine rings is 1. The van der Waals surface area contributed by atoms with Gasteiger partial charge >= 0.3 is 0 Å². The molecule has 0 saturated carbocycles. The lowest BCUT2D eigenvalue weighted by Gasteiger charge is -2.41. The Kier molecular flexibility index (Phi) is 8.07. The fourth-order valence-electron chi connectivity index (χ4n) is 3.86. The van der Waals surface area contributed by atoms with Crippen LogP contribution in [0.3, 0.4) is 0 Å². The molecular weight excluding hydrogens is 415 g/mol. The van der Waals surface area contributed by atoms with Gasteiger partial charge in [-0.05, 0) is 19.8 Å². The van der Waals surface area contributed by atoms with Crippen molar-refractivity contribution in [3.8, 4) is 11.3 Å². The third-order valence-corrected chi connectivity index (χ3v) is 5.33. The van der Waals surface area contributed by atoms with Gasteiger partial charge in [-0.2, -0.15) is 0 Å². The zero-order valence-corrected chi connectivity index (χ0v) is 17.9. The summed E-state index contributed by atoms with van der Waals surface area (Å²) in [5.74, 6) is 0.481. The summed E-state index contributed by atoms with van der Waals surface area (Å²) in [5, 5.41) is 3.10. The Morgan fingerprint density at radius 2 is 1.97 bits per heavy atom. The first-order valence-corrected chi connectivity index (χ1v) is 9.43. The fraction of sp³-hybridized carbons (Fsp3) is 0.450. The Hall–Kier alpha value is -2.09. The Morgan fingerprint density at radius 1 is 1.21 bits per heavy atom. The van der Waals surface area contributed by atoms with E-state index in [-0.39, 0.29) is 42.7 Å². The molecule has 1 atom stereocenters. The average molecular weight is 441 g/mol. The standard InChI is InChI=1S/C20H24N4O3.2ClH/c1-14-4-6-15(7-5-14)19-18(22-13-27-19)20(26)23-9-2-3-16(12-23)24-10-8-21-11-17(24)25;;/h4-7,13,16,21H,2-3,8-12H2,1H3;2*1H. The SMILES string of the molecule is Cc1ccc(-c2ocnc2C(=O)N2CCCC(N3CCNCC3=O)C2)cc1.Cl.Cl. The van der Waals surface area contributed by atoms with Gasteiger partial charge in [0.05, 0.1) is 6.54 Å². The summed E-state index contributed by atoms with van der Waals surface area (Å²) in [7, 11) is 0. The molecule has 1 N–H and O–H groups in total. The van der Waals surface area contributed by atoms with Crippen molar-refractivity contribution in [2.24, 2.45) is 0 Å². The number of aryl methyl sites for hydroxylation is 1. The molecule has 158 valence electrons. The van der Waals surface area contributed by atoms with Crippen molar-refractivity contribution in [3.05, 3.63) is 41.9 Å². The van der Waals surface area contributed by atoms with Crippen LogP contribution in [0.1, 0.15) is 28.9 Å². The van der Waals surface area contributed by atoms with Crippen LogP contribution in [0.4, 0.5) is 0 Å². The number of aromatic nitrogens is 1. The van der Waals surface area contributed by atoms with Gasteiger partial charge in [-0.15, -0.1) is 24.8 Å². The summed E-state index contributed by atoms with van der Waals surface area (Å²) in [6.07, 6.45) is 3.13. The Balaban J connectivity index is 0.00000150. The molecule has 3 heterocycles. The van der Waals surface area contributed by atoms with Gasteiger partial charge in [0.2, 0.25) is 5.91 Å². The number of nitrogens with one attached hydrogen (secondary N) is 1. The summed E-state index contributed by atoms with van der Waals surface area (Å²) in [4.78, 5) is 33.2. The van der Waals surface area contributed by atoms with Crippen molar-refractivity contribution in [1.29, 1.82) is 0 Å². The number of carbonyl (C=O) groups is 2. The Labute approximate surface area is 182 Å². The third-order valence-electron chi connectivity index (χ3n) is 5.33. The van der Waals surface area contributed by atoms with Crippen LogP contribution in [0.25, 0.3) is 11.3 Å². The zero-order chi connectivity index (χ0) is 18.8. The first kappa shape index (κ1) is 23.2. The number of piperidine rings is 1. The number of nitrogens with zero attached hydrogens (tertiary/aromatic N) is 3. The van der Waals surface area contributed by atoms with Crippen molar-refractivity contribution >= 4 is 36.6 Å². The van der Waals surface area contributed by atoms with E-state index in [0.717, 1.165) is 30.5 Å². The number of carbonyl (C=O) groups excluding carboxylic acids is 2. The molecule has 2 aliphatic rings. The minimum absolute atomic E-state index is 0. The molecule has 0 bridgehead atoms. The predicted molar refractivity (Wildman–Crippen MR) is 115 cm³/mol. The van der Waals surface area contributed by atoms with E-state index >= 15 is 0 Å². The van der Waals surface area contributed by atoms with Gasteiger partial charge in [0, 0.05) is 37.8 Å². The highest BCUT2D eigenvalue weighted by atomic mass is 35.5. The van der Waals surface area contributed by atoms with Gasteiger partial charge in [0.15, 0.2) is 17.8 Å². The van der Waals surface area contributed by atoms with Gasteiger partial charge in [0.1, 0.15) is 0 Å². The van der Waals surface area contributed by atoms with Gasteiger partial charge in [-0.25, -0.2) is 4.98 Å². The molecule has 7 nitrogen and oxygen atoms in total. The Bertz CT molecular complexity index is 841. The second kappa shape index (κ2) is 10.1. The summed E-state index contributed by atoms with van der Waals surface area (Å²) in [6, 6.07) is 7.92. The van der Waals surface area contributed by atoms with Crippen LogP contribution in [0.2, 0.25) is 0 Å². The van der Waals surface area contributed by atoms with Gasteiger partial charge in [0.25, 0.3) is 5.91 Å². The molecular formula is C20H26Cl2N4O3. The third kappa shape index (κ3) is 4.91. The maximum atomic E-state index is 13.1. The molecule has 2 aromatic rings. The van der Waals surface area contributed by atoms with E-state index in [4.69, 9.17) is 4.42 Å². The second-order valence-corrected chi connectivity index (χ2v) is 7.21. The molecule has 2 aliphatic heterocycles. The van der Waals surface area contributed by atoms with E-state index in [9.17, 15) is 9.59 Å². The van der Waals surface area contributed by atoms with Crippen molar-refractivity contribution in [2.45, 2.75) is 25.8 Å². The Morgan fingerprint density at radius 3 is 2.69 bits per heavy atom. The van der Waals surface area contributed by atoms with E-state index in [2.05, 4.69) is 10.3 Å². The molecule has 2 amide bonds. The van der Waals surface area contributed by atoms with Crippen LogP contribution in [-0.4, -0.2) is 65.4 Å². The van der Waals surface area contributed by atoms with Crippen LogP contribution in [0.15, 0.2) is 35.1 Å². The van der Waals surface area contributed by atoms with Crippen molar-refractivity contribution in [1.82, 2.24) is 20.1 Å². The maximum absolute atomic E-state index is 13.1. The topological polar surface area (TPSA) is 78.7 Å². The molecule has 0 radical (unpaired) electrons. The van der Waals surface area contributed by atoms with Crippen LogP contribution >= 0.6 is 24.8 Å².